The number of benzene rings is 1. The number of ether oxygens (including phenoxy) is 1. The van der Waals surface area contributed by atoms with Gasteiger partial charge in [0.25, 0.3) is 0 Å². The van der Waals surface area contributed by atoms with Crippen LogP contribution in [0.15, 0.2) is 24.3 Å². The van der Waals surface area contributed by atoms with Crippen molar-refractivity contribution in [1.82, 2.24) is 4.72 Å². The van der Waals surface area contributed by atoms with Gasteiger partial charge in [0.05, 0.1) is 18.3 Å². The Morgan fingerprint density at radius 1 is 1.30 bits per heavy atom. The van der Waals surface area contributed by atoms with Gasteiger partial charge in [-0.05, 0) is 31.5 Å². The largest absolute Gasteiger partial charge is 0.463 e. The van der Waals surface area contributed by atoms with Crippen LogP contribution in [0.25, 0.3) is 0 Å². The summed E-state index contributed by atoms with van der Waals surface area (Å²) in [6, 6.07) is 5.21. The van der Waals surface area contributed by atoms with E-state index in [0.717, 1.165) is 0 Å². The summed E-state index contributed by atoms with van der Waals surface area (Å²) in [5, 5.41) is 0. The molecule has 5 nitrogen and oxygen atoms in total. The molecule has 0 fully saturated rings. The predicted octanol–water partition coefficient (Wildman–Crippen LogP) is 1.59. The smallest absolute Gasteiger partial charge is 0.307 e. The van der Waals surface area contributed by atoms with E-state index in [-0.39, 0.29) is 24.8 Å². The van der Waals surface area contributed by atoms with E-state index in [1.807, 2.05) is 0 Å². The van der Waals surface area contributed by atoms with Gasteiger partial charge in [-0.15, -0.1) is 0 Å². The molecule has 0 radical (unpaired) electrons. The molecule has 1 aromatic carbocycles. The fourth-order valence-electron chi connectivity index (χ4n) is 1.48. The molecule has 1 N–H and O–H groups in total. The summed E-state index contributed by atoms with van der Waals surface area (Å²) in [6.45, 7) is 3.42. The molecule has 0 saturated heterocycles. The van der Waals surface area contributed by atoms with Gasteiger partial charge in [0, 0.05) is 6.54 Å². The number of rotatable bonds is 7. The topological polar surface area (TPSA) is 72.5 Å². The molecule has 0 bridgehead atoms. The van der Waals surface area contributed by atoms with Crippen molar-refractivity contribution in [3.63, 3.8) is 0 Å². The van der Waals surface area contributed by atoms with Gasteiger partial charge in [-0.3, -0.25) is 4.79 Å². The molecular weight excluding hydrogens is 285 g/mol. The van der Waals surface area contributed by atoms with Gasteiger partial charge in [0.1, 0.15) is 5.82 Å². The lowest BCUT2D eigenvalue weighted by Gasteiger charge is -2.09. The van der Waals surface area contributed by atoms with E-state index in [1.54, 1.807) is 13.8 Å². The lowest BCUT2D eigenvalue weighted by atomic mass is 10.2. The van der Waals surface area contributed by atoms with Crippen molar-refractivity contribution in [2.75, 3.05) is 6.54 Å². The number of esters is 1. The molecule has 7 heteroatoms. The molecule has 0 unspecified atom stereocenters. The van der Waals surface area contributed by atoms with Crippen LogP contribution < -0.4 is 4.72 Å². The van der Waals surface area contributed by atoms with E-state index < -0.39 is 21.8 Å². The van der Waals surface area contributed by atoms with Crippen LogP contribution in [0.5, 0.6) is 0 Å². The van der Waals surface area contributed by atoms with E-state index in [4.69, 9.17) is 4.74 Å². The maximum absolute atomic E-state index is 12.7. The van der Waals surface area contributed by atoms with E-state index >= 15 is 0 Å². The average Bonchev–Trinajstić information content (AvgIpc) is 2.30. The van der Waals surface area contributed by atoms with Crippen molar-refractivity contribution in [2.24, 2.45) is 0 Å². The molecular formula is C13H18FNO4S. The molecule has 1 rings (SSSR count). The summed E-state index contributed by atoms with van der Waals surface area (Å²) in [4.78, 5) is 11.2. The molecule has 0 heterocycles. The van der Waals surface area contributed by atoms with Crippen LogP contribution in [0.4, 0.5) is 4.39 Å². The monoisotopic (exact) mass is 303 g/mol. The summed E-state index contributed by atoms with van der Waals surface area (Å²) in [6.07, 6.45) is -0.251. The Morgan fingerprint density at radius 3 is 2.45 bits per heavy atom. The van der Waals surface area contributed by atoms with E-state index in [0.29, 0.717) is 5.56 Å². The van der Waals surface area contributed by atoms with E-state index in [2.05, 4.69) is 4.72 Å². The lowest BCUT2D eigenvalue weighted by molar-refractivity contribution is -0.147. The second-order valence-electron chi connectivity index (χ2n) is 4.57. The lowest BCUT2D eigenvalue weighted by Crippen LogP contribution is -2.28. The van der Waals surface area contributed by atoms with Crippen LogP contribution in [-0.2, 0) is 25.3 Å². The molecule has 0 amide bonds. The van der Waals surface area contributed by atoms with Crippen molar-refractivity contribution in [3.8, 4) is 0 Å². The number of nitrogens with one attached hydrogen (secondary N) is 1. The van der Waals surface area contributed by atoms with Gasteiger partial charge < -0.3 is 4.74 Å². The van der Waals surface area contributed by atoms with Crippen LogP contribution in [0, 0.1) is 5.82 Å². The highest BCUT2D eigenvalue weighted by atomic mass is 32.2. The zero-order chi connectivity index (χ0) is 15.2. The summed E-state index contributed by atoms with van der Waals surface area (Å²) in [5.41, 5.74) is 0.476. The highest BCUT2D eigenvalue weighted by Gasteiger charge is 2.13. The first-order valence-electron chi connectivity index (χ1n) is 6.20. The van der Waals surface area contributed by atoms with Crippen LogP contribution in [-0.4, -0.2) is 27.0 Å². The van der Waals surface area contributed by atoms with Crippen LogP contribution in [0.3, 0.4) is 0 Å². The molecule has 0 aromatic heterocycles. The highest BCUT2D eigenvalue weighted by molar-refractivity contribution is 7.88. The first-order chi connectivity index (χ1) is 9.28. The SMILES string of the molecule is CC(C)OC(=O)CCNS(=O)(=O)Cc1ccc(F)cc1. The fraction of sp³-hybridized carbons (Fsp3) is 0.462. The zero-order valence-electron chi connectivity index (χ0n) is 11.4. The van der Waals surface area contributed by atoms with Gasteiger partial charge in [-0.25, -0.2) is 17.5 Å². The molecule has 0 saturated carbocycles. The second-order valence-corrected chi connectivity index (χ2v) is 6.38. The molecule has 0 spiro atoms. The predicted molar refractivity (Wildman–Crippen MR) is 72.9 cm³/mol. The molecule has 0 atom stereocenters. The van der Waals surface area contributed by atoms with Gasteiger partial charge in [-0.1, -0.05) is 12.1 Å². The number of carbonyl (C=O) groups is 1. The fourth-order valence-corrected chi connectivity index (χ4v) is 2.63. The molecule has 0 aliphatic heterocycles. The molecule has 1 aromatic rings. The Labute approximate surface area is 118 Å². The third-order valence-electron chi connectivity index (χ3n) is 2.29. The summed E-state index contributed by atoms with van der Waals surface area (Å²) in [5.74, 6) is -1.13. The van der Waals surface area contributed by atoms with Crippen molar-refractivity contribution in [1.29, 1.82) is 0 Å². The first-order valence-corrected chi connectivity index (χ1v) is 7.85. The van der Waals surface area contributed by atoms with Crippen LogP contribution in [0.1, 0.15) is 25.8 Å². The van der Waals surface area contributed by atoms with Gasteiger partial charge >= 0.3 is 5.97 Å². The van der Waals surface area contributed by atoms with E-state index in [1.165, 1.54) is 24.3 Å². The number of hydrogen-bond donors (Lipinski definition) is 1. The first kappa shape index (κ1) is 16.6. The Kier molecular flexibility index (Phi) is 6.09. The zero-order valence-corrected chi connectivity index (χ0v) is 12.2. The minimum Gasteiger partial charge on any atom is -0.463 e. The maximum atomic E-state index is 12.7. The number of halogens is 1. The summed E-state index contributed by atoms with van der Waals surface area (Å²) >= 11 is 0. The number of sulfonamides is 1. The third kappa shape index (κ3) is 6.63. The third-order valence-corrected chi connectivity index (χ3v) is 3.65. The summed E-state index contributed by atoms with van der Waals surface area (Å²) < 4.78 is 43.3. The Morgan fingerprint density at radius 2 is 1.90 bits per heavy atom. The van der Waals surface area contributed by atoms with Crippen LogP contribution in [0.2, 0.25) is 0 Å². The summed E-state index contributed by atoms with van der Waals surface area (Å²) in [7, 11) is -3.55. The van der Waals surface area contributed by atoms with Gasteiger partial charge in [0.15, 0.2) is 0 Å². The van der Waals surface area contributed by atoms with E-state index in [9.17, 15) is 17.6 Å². The Bertz CT molecular complexity index is 540. The van der Waals surface area contributed by atoms with Crippen molar-refractivity contribution >= 4 is 16.0 Å². The minimum atomic E-state index is -3.55. The molecule has 112 valence electrons. The highest BCUT2D eigenvalue weighted by Crippen LogP contribution is 2.06. The van der Waals surface area contributed by atoms with Gasteiger partial charge in [-0.2, -0.15) is 0 Å². The van der Waals surface area contributed by atoms with Crippen LogP contribution >= 0.6 is 0 Å². The van der Waals surface area contributed by atoms with Crippen molar-refractivity contribution in [2.45, 2.75) is 32.1 Å². The Hall–Kier alpha value is -1.47. The number of hydrogen-bond acceptors (Lipinski definition) is 4. The molecule has 20 heavy (non-hydrogen) atoms. The second kappa shape index (κ2) is 7.35. The van der Waals surface area contributed by atoms with Gasteiger partial charge in [0.2, 0.25) is 10.0 Å². The molecule has 0 aliphatic carbocycles. The molecule has 0 aliphatic rings. The maximum Gasteiger partial charge on any atom is 0.307 e. The average molecular weight is 303 g/mol. The standard InChI is InChI=1S/C13H18FNO4S/c1-10(2)19-13(16)7-8-15-20(17,18)9-11-3-5-12(14)6-4-11/h3-6,10,15H,7-9H2,1-2H3. The van der Waals surface area contributed by atoms with Crippen molar-refractivity contribution in [3.05, 3.63) is 35.6 Å². The normalized spacial score (nSPS) is 11.6. The number of carbonyl (C=O) groups excluding carboxylic acids is 1. The Balaban J connectivity index is 2.42. The quantitative estimate of drug-likeness (QED) is 0.776. The van der Waals surface area contributed by atoms with Crippen molar-refractivity contribution < 1.29 is 22.3 Å². The minimum absolute atomic E-state index is 0.0188.